The molecule has 2 amide bonds. The van der Waals surface area contributed by atoms with E-state index >= 15 is 0 Å². The summed E-state index contributed by atoms with van der Waals surface area (Å²) in [7, 11) is 0. The van der Waals surface area contributed by atoms with Gasteiger partial charge in [0, 0.05) is 28.7 Å². The van der Waals surface area contributed by atoms with Crippen LogP contribution in [0, 0.1) is 0 Å². The maximum Gasteiger partial charge on any atom is 0.242 e. The molecule has 28 heavy (non-hydrogen) atoms. The van der Waals surface area contributed by atoms with Crippen molar-refractivity contribution in [3.63, 3.8) is 0 Å². The fourth-order valence-electron chi connectivity index (χ4n) is 3.01. The first-order chi connectivity index (χ1) is 13.5. The van der Waals surface area contributed by atoms with E-state index in [9.17, 15) is 9.59 Å². The van der Waals surface area contributed by atoms with Crippen LogP contribution in [-0.4, -0.2) is 29.3 Å². The van der Waals surface area contributed by atoms with Crippen molar-refractivity contribution in [1.29, 1.82) is 0 Å². The molecule has 0 aliphatic rings. The normalized spacial score (nSPS) is 11.7. The number of nitrogens with one attached hydrogen (secondary N) is 1. The highest BCUT2D eigenvalue weighted by atomic mass is 35.5. The smallest absolute Gasteiger partial charge is 0.242 e. The molecule has 0 bridgehead atoms. The van der Waals surface area contributed by atoms with Crippen molar-refractivity contribution in [2.75, 3.05) is 6.54 Å². The van der Waals surface area contributed by atoms with Crippen LogP contribution < -0.4 is 5.32 Å². The van der Waals surface area contributed by atoms with E-state index in [-0.39, 0.29) is 24.8 Å². The Hall–Kier alpha value is -2.04. The van der Waals surface area contributed by atoms with Crippen LogP contribution in [0.3, 0.4) is 0 Å². The molecule has 2 aromatic rings. The van der Waals surface area contributed by atoms with Crippen molar-refractivity contribution >= 4 is 35.0 Å². The first-order valence-electron chi connectivity index (χ1n) is 9.51. The standard InChI is InChI=1S/C22H26Cl2N2O2/c1-3-13-25-22(28)20(4-2)26(15-17-18(23)11-8-12-19(17)24)21(27)14-16-9-6-5-7-10-16/h5-12,20H,3-4,13-15H2,1-2H3,(H,25,28). The Labute approximate surface area is 176 Å². The zero-order chi connectivity index (χ0) is 20.5. The zero-order valence-electron chi connectivity index (χ0n) is 16.3. The van der Waals surface area contributed by atoms with E-state index in [0.29, 0.717) is 28.6 Å². The Kier molecular flexibility index (Phi) is 8.81. The van der Waals surface area contributed by atoms with Gasteiger partial charge >= 0.3 is 0 Å². The second-order valence-electron chi connectivity index (χ2n) is 6.60. The van der Waals surface area contributed by atoms with Gasteiger partial charge in [0.2, 0.25) is 11.8 Å². The molecule has 0 saturated carbocycles. The number of benzene rings is 2. The average molecular weight is 421 g/mol. The third kappa shape index (κ3) is 5.98. The monoisotopic (exact) mass is 420 g/mol. The molecule has 1 atom stereocenters. The van der Waals surface area contributed by atoms with Crippen LogP contribution in [0.1, 0.15) is 37.8 Å². The molecule has 0 aromatic heterocycles. The van der Waals surface area contributed by atoms with Crippen LogP contribution in [0.15, 0.2) is 48.5 Å². The molecule has 2 rings (SSSR count). The van der Waals surface area contributed by atoms with Gasteiger partial charge < -0.3 is 10.2 Å². The van der Waals surface area contributed by atoms with Crippen LogP contribution in [0.2, 0.25) is 10.0 Å². The first kappa shape index (κ1) is 22.3. The summed E-state index contributed by atoms with van der Waals surface area (Å²) in [5.41, 5.74) is 1.54. The van der Waals surface area contributed by atoms with E-state index in [2.05, 4.69) is 5.32 Å². The van der Waals surface area contributed by atoms with Crippen LogP contribution in [0.25, 0.3) is 0 Å². The average Bonchev–Trinajstić information content (AvgIpc) is 2.69. The van der Waals surface area contributed by atoms with E-state index in [0.717, 1.165) is 12.0 Å². The van der Waals surface area contributed by atoms with Crippen molar-refractivity contribution in [1.82, 2.24) is 10.2 Å². The molecule has 6 heteroatoms. The lowest BCUT2D eigenvalue weighted by Gasteiger charge is -2.31. The Bertz CT molecular complexity index is 776. The second-order valence-corrected chi connectivity index (χ2v) is 7.41. The summed E-state index contributed by atoms with van der Waals surface area (Å²) in [5.74, 6) is -0.297. The molecule has 0 spiro atoms. The lowest BCUT2D eigenvalue weighted by molar-refractivity contribution is -0.140. The van der Waals surface area contributed by atoms with Crippen LogP contribution in [-0.2, 0) is 22.6 Å². The van der Waals surface area contributed by atoms with E-state index in [1.807, 2.05) is 44.2 Å². The number of rotatable bonds is 9. The fraction of sp³-hybridized carbons (Fsp3) is 0.364. The molecule has 4 nitrogen and oxygen atoms in total. The van der Waals surface area contributed by atoms with E-state index in [4.69, 9.17) is 23.2 Å². The van der Waals surface area contributed by atoms with Crippen LogP contribution in [0.5, 0.6) is 0 Å². The predicted molar refractivity (Wildman–Crippen MR) is 115 cm³/mol. The molecule has 0 fully saturated rings. The summed E-state index contributed by atoms with van der Waals surface area (Å²) in [6.07, 6.45) is 1.54. The van der Waals surface area contributed by atoms with Gasteiger partial charge in [-0.1, -0.05) is 73.4 Å². The highest BCUT2D eigenvalue weighted by Gasteiger charge is 2.29. The van der Waals surface area contributed by atoms with Gasteiger partial charge in [-0.3, -0.25) is 9.59 Å². The van der Waals surface area contributed by atoms with Gasteiger partial charge in [-0.25, -0.2) is 0 Å². The quantitative estimate of drug-likeness (QED) is 0.628. The summed E-state index contributed by atoms with van der Waals surface area (Å²) in [6, 6.07) is 14.1. The third-order valence-electron chi connectivity index (χ3n) is 4.52. The highest BCUT2D eigenvalue weighted by Crippen LogP contribution is 2.27. The number of hydrogen-bond donors (Lipinski definition) is 1. The minimum atomic E-state index is -0.588. The SMILES string of the molecule is CCCNC(=O)C(CC)N(Cc1c(Cl)cccc1Cl)C(=O)Cc1ccccc1. The van der Waals surface area contributed by atoms with Gasteiger partial charge in [-0.05, 0) is 30.5 Å². The Morgan fingerprint density at radius 3 is 2.21 bits per heavy atom. The number of amides is 2. The lowest BCUT2D eigenvalue weighted by atomic mass is 10.1. The molecular weight excluding hydrogens is 395 g/mol. The van der Waals surface area contributed by atoms with Crippen LogP contribution >= 0.6 is 23.2 Å². The maximum absolute atomic E-state index is 13.2. The predicted octanol–water partition coefficient (Wildman–Crippen LogP) is 4.87. The number of carbonyl (C=O) groups is 2. The van der Waals surface area contributed by atoms with Gasteiger partial charge in [0.1, 0.15) is 6.04 Å². The van der Waals surface area contributed by atoms with Crippen molar-refractivity contribution in [3.05, 3.63) is 69.7 Å². The summed E-state index contributed by atoms with van der Waals surface area (Å²) >= 11 is 12.7. The topological polar surface area (TPSA) is 49.4 Å². The largest absolute Gasteiger partial charge is 0.354 e. The van der Waals surface area contributed by atoms with Crippen molar-refractivity contribution < 1.29 is 9.59 Å². The first-order valence-corrected chi connectivity index (χ1v) is 10.3. The highest BCUT2D eigenvalue weighted by molar-refractivity contribution is 6.36. The summed E-state index contributed by atoms with van der Waals surface area (Å²) < 4.78 is 0. The minimum Gasteiger partial charge on any atom is -0.354 e. The van der Waals surface area contributed by atoms with Gasteiger partial charge in [-0.15, -0.1) is 0 Å². The molecule has 1 N–H and O–H groups in total. The lowest BCUT2D eigenvalue weighted by Crippen LogP contribution is -2.49. The third-order valence-corrected chi connectivity index (χ3v) is 5.23. The molecular formula is C22H26Cl2N2O2. The number of nitrogens with zero attached hydrogens (tertiary/aromatic N) is 1. The number of carbonyl (C=O) groups excluding carboxylic acids is 2. The van der Waals surface area contributed by atoms with Gasteiger partial charge in [-0.2, -0.15) is 0 Å². The molecule has 1 unspecified atom stereocenters. The number of hydrogen-bond acceptors (Lipinski definition) is 2. The van der Waals surface area contributed by atoms with Crippen LogP contribution in [0.4, 0.5) is 0 Å². The van der Waals surface area contributed by atoms with Crippen molar-refractivity contribution in [2.24, 2.45) is 0 Å². The molecule has 0 saturated heterocycles. The molecule has 0 aliphatic heterocycles. The Balaban J connectivity index is 2.33. The summed E-state index contributed by atoms with van der Waals surface area (Å²) in [6.45, 7) is 4.64. The maximum atomic E-state index is 13.2. The van der Waals surface area contributed by atoms with E-state index < -0.39 is 6.04 Å². The van der Waals surface area contributed by atoms with Gasteiger partial charge in [0.05, 0.1) is 6.42 Å². The van der Waals surface area contributed by atoms with Gasteiger partial charge in [0.15, 0.2) is 0 Å². The fourth-order valence-corrected chi connectivity index (χ4v) is 3.53. The summed E-state index contributed by atoms with van der Waals surface area (Å²) in [4.78, 5) is 27.5. The summed E-state index contributed by atoms with van der Waals surface area (Å²) in [5, 5.41) is 3.86. The van der Waals surface area contributed by atoms with Crippen molar-refractivity contribution in [2.45, 2.75) is 45.7 Å². The molecule has 150 valence electrons. The number of halogens is 2. The van der Waals surface area contributed by atoms with E-state index in [1.165, 1.54) is 0 Å². The zero-order valence-corrected chi connectivity index (χ0v) is 17.8. The molecule has 2 aromatic carbocycles. The second kappa shape index (κ2) is 11.1. The minimum absolute atomic E-state index is 0.138. The Morgan fingerprint density at radius 1 is 1.00 bits per heavy atom. The molecule has 0 heterocycles. The van der Waals surface area contributed by atoms with E-state index in [1.54, 1.807) is 23.1 Å². The van der Waals surface area contributed by atoms with Crippen molar-refractivity contribution in [3.8, 4) is 0 Å². The molecule has 0 radical (unpaired) electrons. The Morgan fingerprint density at radius 2 is 1.64 bits per heavy atom. The molecule has 0 aliphatic carbocycles. The van der Waals surface area contributed by atoms with Gasteiger partial charge in [0.25, 0.3) is 0 Å².